The molecule has 0 saturated carbocycles. The van der Waals surface area contributed by atoms with E-state index in [1.54, 1.807) is 12.1 Å². The molecule has 5 nitrogen and oxygen atoms in total. The first kappa shape index (κ1) is 17.3. The SMILES string of the molecule is CCS(=O)(=O)c1ccccc1NCc1cn(C)nc1C(F)(F)F. The van der Waals surface area contributed by atoms with Crippen molar-refractivity contribution < 1.29 is 21.6 Å². The average molecular weight is 347 g/mol. The van der Waals surface area contributed by atoms with Crippen LogP contribution in [0, 0.1) is 0 Å². The zero-order valence-electron chi connectivity index (χ0n) is 12.6. The number of hydrogen-bond acceptors (Lipinski definition) is 4. The summed E-state index contributed by atoms with van der Waals surface area (Å²) in [5, 5.41) is 6.18. The highest BCUT2D eigenvalue weighted by Crippen LogP contribution is 2.31. The lowest BCUT2D eigenvalue weighted by molar-refractivity contribution is -0.142. The second kappa shape index (κ2) is 6.23. The van der Waals surface area contributed by atoms with Crippen LogP contribution in [0.5, 0.6) is 0 Å². The number of aromatic nitrogens is 2. The maximum absolute atomic E-state index is 12.9. The van der Waals surface area contributed by atoms with Crippen molar-refractivity contribution in [2.75, 3.05) is 11.1 Å². The van der Waals surface area contributed by atoms with Gasteiger partial charge in [-0.25, -0.2) is 8.42 Å². The van der Waals surface area contributed by atoms with Gasteiger partial charge in [-0.05, 0) is 12.1 Å². The topological polar surface area (TPSA) is 64.0 Å². The van der Waals surface area contributed by atoms with E-state index in [1.165, 1.54) is 32.3 Å². The van der Waals surface area contributed by atoms with Crippen LogP contribution in [0.15, 0.2) is 35.4 Å². The summed E-state index contributed by atoms with van der Waals surface area (Å²) < 4.78 is 63.9. The van der Waals surface area contributed by atoms with Crippen molar-refractivity contribution in [3.63, 3.8) is 0 Å². The Bertz CT molecular complexity index is 798. The maximum Gasteiger partial charge on any atom is 0.435 e. The van der Waals surface area contributed by atoms with Gasteiger partial charge in [-0.15, -0.1) is 0 Å². The van der Waals surface area contributed by atoms with E-state index in [1.807, 2.05) is 0 Å². The molecule has 0 amide bonds. The van der Waals surface area contributed by atoms with Gasteiger partial charge in [-0.3, -0.25) is 4.68 Å². The molecule has 1 N–H and O–H groups in total. The van der Waals surface area contributed by atoms with Crippen LogP contribution in [0.3, 0.4) is 0 Å². The average Bonchev–Trinajstić information content (AvgIpc) is 2.86. The number of rotatable bonds is 5. The number of nitrogens with one attached hydrogen (secondary N) is 1. The van der Waals surface area contributed by atoms with Crippen molar-refractivity contribution in [3.8, 4) is 0 Å². The van der Waals surface area contributed by atoms with Crippen molar-refractivity contribution in [3.05, 3.63) is 41.7 Å². The number of para-hydroxylation sites is 1. The lowest BCUT2D eigenvalue weighted by Crippen LogP contribution is -2.13. The fraction of sp³-hybridized carbons (Fsp3) is 0.357. The van der Waals surface area contributed by atoms with Crippen molar-refractivity contribution in [2.45, 2.75) is 24.5 Å². The zero-order chi connectivity index (χ0) is 17.3. The second-order valence-electron chi connectivity index (χ2n) is 4.93. The van der Waals surface area contributed by atoms with Crippen molar-refractivity contribution in [1.82, 2.24) is 9.78 Å². The Morgan fingerprint density at radius 1 is 1.26 bits per heavy atom. The monoisotopic (exact) mass is 347 g/mol. The minimum atomic E-state index is -4.56. The van der Waals surface area contributed by atoms with Crippen LogP contribution in [-0.4, -0.2) is 24.0 Å². The first-order valence-electron chi connectivity index (χ1n) is 6.80. The number of nitrogens with zero attached hydrogens (tertiary/aromatic N) is 2. The van der Waals surface area contributed by atoms with E-state index >= 15 is 0 Å². The molecule has 23 heavy (non-hydrogen) atoms. The molecule has 1 heterocycles. The Hall–Kier alpha value is -2.03. The highest BCUT2D eigenvalue weighted by molar-refractivity contribution is 7.91. The van der Waals surface area contributed by atoms with E-state index in [0.717, 1.165) is 4.68 Å². The fourth-order valence-corrected chi connectivity index (χ4v) is 3.21. The van der Waals surface area contributed by atoms with E-state index in [4.69, 9.17) is 0 Å². The molecule has 0 saturated heterocycles. The molecule has 2 rings (SSSR count). The summed E-state index contributed by atoms with van der Waals surface area (Å²) in [6, 6.07) is 6.13. The third-order valence-electron chi connectivity index (χ3n) is 3.24. The van der Waals surface area contributed by atoms with E-state index in [0.29, 0.717) is 0 Å². The third kappa shape index (κ3) is 3.84. The molecule has 0 atom stereocenters. The standard InChI is InChI=1S/C14H16F3N3O2S/c1-3-23(21,22)12-7-5-4-6-11(12)18-8-10-9-20(2)19-13(10)14(15,16)17/h4-7,9,18H,3,8H2,1-2H3. The van der Waals surface area contributed by atoms with Crippen molar-refractivity contribution in [1.29, 1.82) is 0 Å². The molecule has 1 aromatic heterocycles. The van der Waals surface area contributed by atoms with Crippen LogP contribution >= 0.6 is 0 Å². The van der Waals surface area contributed by atoms with Crippen LogP contribution in [0.1, 0.15) is 18.2 Å². The van der Waals surface area contributed by atoms with Crippen molar-refractivity contribution in [2.24, 2.45) is 7.05 Å². The summed E-state index contributed by atoms with van der Waals surface area (Å²) >= 11 is 0. The highest BCUT2D eigenvalue weighted by atomic mass is 32.2. The molecule has 0 radical (unpaired) electrons. The smallest absolute Gasteiger partial charge is 0.380 e. The number of alkyl halides is 3. The number of anilines is 1. The van der Waals surface area contributed by atoms with Crippen LogP contribution in [0.2, 0.25) is 0 Å². The highest BCUT2D eigenvalue weighted by Gasteiger charge is 2.36. The van der Waals surface area contributed by atoms with Gasteiger partial charge in [0.2, 0.25) is 0 Å². The van der Waals surface area contributed by atoms with E-state index < -0.39 is 21.7 Å². The second-order valence-corrected chi connectivity index (χ2v) is 7.17. The summed E-state index contributed by atoms with van der Waals surface area (Å²) in [6.07, 6.45) is -3.31. The summed E-state index contributed by atoms with van der Waals surface area (Å²) in [5.74, 6) is -0.0909. The maximum atomic E-state index is 12.9. The largest absolute Gasteiger partial charge is 0.435 e. The first-order valence-corrected chi connectivity index (χ1v) is 8.45. The van der Waals surface area contributed by atoms with E-state index in [2.05, 4.69) is 10.4 Å². The molecule has 1 aromatic carbocycles. The van der Waals surface area contributed by atoms with Crippen molar-refractivity contribution >= 4 is 15.5 Å². The minimum absolute atomic E-state index is 0.0521. The number of hydrogen-bond donors (Lipinski definition) is 1. The minimum Gasteiger partial charge on any atom is -0.380 e. The predicted octanol–water partition coefficient (Wildman–Crippen LogP) is 2.84. The number of halogens is 3. The zero-order valence-corrected chi connectivity index (χ0v) is 13.4. The molecule has 0 unspecified atom stereocenters. The molecule has 126 valence electrons. The van der Waals surface area contributed by atoms with Gasteiger partial charge in [0, 0.05) is 25.4 Å². The Morgan fingerprint density at radius 2 is 1.91 bits per heavy atom. The van der Waals surface area contributed by atoms with Gasteiger partial charge in [-0.2, -0.15) is 18.3 Å². The first-order chi connectivity index (χ1) is 10.6. The molecule has 0 fully saturated rings. The van der Waals surface area contributed by atoms with Crippen LogP contribution in [0.4, 0.5) is 18.9 Å². The normalized spacial score (nSPS) is 12.4. The Morgan fingerprint density at radius 3 is 2.52 bits per heavy atom. The third-order valence-corrected chi connectivity index (χ3v) is 5.03. The van der Waals surface area contributed by atoms with Crippen LogP contribution in [-0.2, 0) is 29.6 Å². The summed E-state index contributed by atoms with van der Waals surface area (Å²) in [5.41, 5.74) is -0.765. The number of aryl methyl sites for hydroxylation is 1. The molecule has 0 bridgehead atoms. The van der Waals surface area contributed by atoms with Gasteiger partial charge >= 0.3 is 6.18 Å². The molecule has 9 heteroatoms. The van der Waals surface area contributed by atoms with Crippen LogP contribution in [0.25, 0.3) is 0 Å². The number of sulfone groups is 1. The summed E-state index contributed by atoms with van der Waals surface area (Å²) in [7, 11) is -2.08. The quantitative estimate of drug-likeness (QED) is 0.903. The van der Waals surface area contributed by atoms with Gasteiger partial charge in [0.25, 0.3) is 0 Å². The molecule has 0 spiro atoms. The Kier molecular flexibility index (Phi) is 4.69. The van der Waals surface area contributed by atoms with Gasteiger partial charge in [-0.1, -0.05) is 19.1 Å². The van der Waals surface area contributed by atoms with E-state index in [9.17, 15) is 21.6 Å². The van der Waals surface area contributed by atoms with Gasteiger partial charge < -0.3 is 5.32 Å². The Labute approximate surface area is 132 Å². The molecule has 2 aromatic rings. The summed E-state index contributed by atoms with van der Waals surface area (Å²) in [6.45, 7) is 1.33. The van der Waals surface area contributed by atoms with E-state index in [-0.39, 0.29) is 28.4 Å². The summed E-state index contributed by atoms with van der Waals surface area (Å²) in [4.78, 5) is 0.0694. The van der Waals surface area contributed by atoms with Gasteiger partial charge in [0.15, 0.2) is 15.5 Å². The molecule has 0 aliphatic heterocycles. The molecular weight excluding hydrogens is 331 g/mol. The predicted molar refractivity (Wildman–Crippen MR) is 79.7 cm³/mol. The van der Waals surface area contributed by atoms with Gasteiger partial charge in [0.05, 0.1) is 16.3 Å². The molecule has 0 aliphatic carbocycles. The van der Waals surface area contributed by atoms with Gasteiger partial charge in [0.1, 0.15) is 0 Å². The molecule has 0 aliphatic rings. The lowest BCUT2D eigenvalue weighted by atomic mass is 10.2. The molecular formula is C14H16F3N3O2S. The number of benzene rings is 1. The lowest BCUT2D eigenvalue weighted by Gasteiger charge is -2.12. The fourth-order valence-electron chi connectivity index (χ4n) is 2.14. The Balaban J connectivity index is 2.30. The van der Waals surface area contributed by atoms with Crippen LogP contribution < -0.4 is 5.32 Å².